The van der Waals surface area contributed by atoms with Crippen molar-refractivity contribution in [1.29, 1.82) is 0 Å². The molecule has 0 amide bonds. The molecule has 2 aromatic heterocycles. The van der Waals surface area contributed by atoms with Crippen LogP contribution in [-0.2, 0) is 0 Å². The molecule has 3 aromatic rings. The van der Waals surface area contributed by atoms with Crippen LogP contribution in [0.2, 0.25) is 0 Å². The fraction of sp³-hybridized carbons (Fsp3) is 0. The summed E-state index contributed by atoms with van der Waals surface area (Å²) >= 11 is 6.55. The molecule has 3 heterocycles. The maximum Gasteiger partial charge on any atom is 0.175 e. The molecule has 0 aliphatic carbocycles. The van der Waals surface area contributed by atoms with Gasteiger partial charge in [0.25, 0.3) is 0 Å². The number of hydrogen-bond donors (Lipinski definition) is 2. The van der Waals surface area contributed by atoms with Gasteiger partial charge in [-0.05, 0) is 41.9 Å². The number of nitrogens with two attached hydrogens (primary N) is 1. The molecule has 8 heteroatoms. The van der Waals surface area contributed by atoms with E-state index in [9.17, 15) is 0 Å². The highest BCUT2D eigenvalue weighted by molar-refractivity contribution is 8.17. The Morgan fingerprint density at radius 1 is 1.21 bits per heavy atom. The van der Waals surface area contributed by atoms with Gasteiger partial charge < -0.3 is 15.8 Å². The Morgan fingerprint density at radius 3 is 2.82 bits per heavy atom. The second kappa shape index (κ2) is 8.14. The highest BCUT2D eigenvalue weighted by Gasteiger charge is 2.16. The van der Waals surface area contributed by atoms with Gasteiger partial charge in [0, 0.05) is 33.1 Å². The minimum Gasteiger partial charge on any atom is -0.453 e. The van der Waals surface area contributed by atoms with E-state index in [0.29, 0.717) is 17.3 Å². The molecule has 0 radical (unpaired) electrons. The number of benzene rings is 1. The average molecular weight is 425 g/mol. The molecule has 1 aliphatic rings. The fourth-order valence-corrected chi connectivity index (χ4v) is 5.18. The van der Waals surface area contributed by atoms with Crippen LogP contribution in [0.15, 0.2) is 75.0 Å². The topological polar surface area (TPSA) is 73.1 Å². The van der Waals surface area contributed by atoms with Gasteiger partial charge in [-0.25, -0.2) is 4.98 Å². The van der Waals surface area contributed by atoms with Gasteiger partial charge in [0.2, 0.25) is 0 Å². The van der Waals surface area contributed by atoms with Crippen LogP contribution >= 0.6 is 34.5 Å². The Balaban J connectivity index is 1.67. The number of nitrogens with one attached hydrogen (secondary N) is 1. The zero-order valence-corrected chi connectivity index (χ0v) is 17.1. The summed E-state index contributed by atoms with van der Waals surface area (Å²) in [6.07, 6.45) is 5.60. The Bertz CT molecular complexity index is 1100. The third-order valence-corrected chi connectivity index (χ3v) is 6.48. The predicted molar refractivity (Wildman–Crippen MR) is 122 cm³/mol. The Labute approximate surface area is 175 Å². The monoisotopic (exact) mass is 424 g/mol. The van der Waals surface area contributed by atoms with Gasteiger partial charge in [-0.3, -0.25) is 4.98 Å². The molecule has 5 nitrogen and oxygen atoms in total. The molecular formula is C20H16N4OS3. The third kappa shape index (κ3) is 4.09. The Kier molecular flexibility index (Phi) is 5.43. The molecular weight excluding hydrogens is 408 g/mol. The predicted octanol–water partition coefficient (Wildman–Crippen LogP) is 5.12. The van der Waals surface area contributed by atoms with Gasteiger partial charge in [-0.2, -0.15) is 0 Å². The molecule has 0 bridgehead atoms. The quantitative estimate of drug-likeness (QED) is 0.551. The molecule has 140 valence electrons. The maximum atomic E-state index is 6.01. The van der Waals surface area contributed by atoms with Crippen LogP contribution in [0, 0.1) is 0 Å². The molecule has 4 rings (SSSR count). The van der Waals surface area contributed by atoms with Crippen LogP contribution in [0.25, 0.3) is 6.08 Å². The molecule has 3 N–H and O–H groups in total. The van der Waals surface area contributed by atoms with E-state index in [1.54, 1.807) is 18.0 Å². The summed E-state index contributed by atoms with van der Waals surface area (Å²) in [7, 11) is -0.194. The van der Waals surface area contributed by atoms with Crippen molar-refractivity contribution in [1.82, 2.24) is 9.97 Å². The normalized spacial score (nSPS) is 14.5. The number of pyridine rings is 2. The largest absolute Gasteiger partial charge is 0.453 e. The summed E-state index contributed by atoms with van der Waals surface area (Å²) in [5.41, 5.74) is 6.60. The van der Waals surface area contributed by atoms with Crippen molar-refractivity contribution >= 4 is 57.3 Å². The SMILES string of the molecule is C=S1C=Cc2nccc(Sc3cnc(NC(N)=S)c(Oc4ccccc4)c3)c21. The highest BCUT2D eigenvalue weighted by Crippen LogP contribution is 2.45. The molecule has 1 aliphatic heterocycles. The second-order valence-corrected chi connectivity index (χ2v) is 8.87. The lowest BCUT2D eigenvalue weighted by atomic mass is 10.3. The van der Waals surface area contributed by atoms with E-state index in [4.69, 9.17) is 22.7 Å². The molecule has 1 atom stereocenters. The van der Waals surface area contributed by atoms with Gasteiger partial charge in [0.05, 0.1) is 5.69 Å². The molecule has 1 unspecified atom stereocenters. The summed E-state index contributed by atoms with van der Waals surface area (Å²) in [6, 6.07) is 13.4. The molecule has 1 aromatic carbocycles. The lowest BCUT2D eigenvalue weighted by Crippen LogP contribution is -2.20. The van der Waals surface area contributed by atoms with Crippen molar-refractivity contribution in [3.63, 3.8) is 0 Å². The summed E-state index contributed by atoms with van der Waals surface area (Å²) < 4.78 is 6.01. The molecule has 0 saturated heterocycles. The van der Waals surface area contributed by atoms with Gasteiger partial charge in [-0.1, -0.05) is 35.8 Å². The van der Waals surface area contributed by atoms with Crippen LogP contribution in [0.1, 0.15) is 5.69 Å². The van der Waals surface area contributed by atoms with E-state index in [1.807, 2.05) is 54.7 Å². The van der Waals surface area contributed by atoms with Gasteiger partial charge in [0.15, 0.2) is 16.7 Å². The number of rotatable bonds is 5. The minimum atomic E-state index is -0.194. The van der Waals surface area contributed by atoms with Crippen molar-refractivity contribution in [2.75, 3.05) is 5.32 Å². The fourth-order valence-electron chi connectivity index (χ4n) is 2.64. The number of thiocarbonyl (C=S) groups is 1. The van der Waals surface area contributed by atoms with Crippen molar-refractivity contribution in [2.24, 2.45) is 5.73 Å². The van der Waals surface area contributed by atoms with Crippen LogP contribution < -0.4 is 15.8 Å². The number of nitrogens with zero attached hydrogens (tertiary/aromatic N) is 2. The first-order chi connectivity index (χ1) is 13.6. The van der Waals surface area contributed by atoms with Crippen molar-refractivity contribution in [2.45, 2.75) is 14.7 Å². The van der Waals surface area contributed by atoms with E-state index in [0.717, 1.165) is 20.4 Å². The lowest BCUT2D eigenvalue weighted by Gasteiger charge is -2.14. The van der Waals surface area contributed by atoms with Crippen LogP contribution in [0.5, 0.6) is 11.5 Å². The van der Waals surface area contributed by atoms with Crippen LogP contribution in [0.4, 0.5) is 5.82 Å². The number of para-hydroxylation sites is 1. The average Bonchev–Trinajstić information content (AvgIpc) is 3.06. The second-order valence-electron chi connectivity index (χ2n) is 5.78. The number of aromatic nitrogens is 2. The van der Waals surface area contributed by atoms with Crippen molar-refractivity contribution in [3.8, 4) is 11.5 Å². The summed E-state index contributed by atoms with van der Waals surface area (Å²) in [5, 5.41) is 5.08. The van der Waals surface area contributed by atoms with E-state index < -0.39 is 0 Å². The Hall–Kier alpha value is -2.68. The van der Waals surface area contributed by atoms with Gasteiger partial charge in [0.1, 0.15) is 5.75 Å². The van der Waals surface area contributed by atoms with Crippen LogP contribution in [0.3, 0.4) is 0 Å². The molecule has 0 saturated carbocycles. The summed E-state index contributed by atoms with van der Waals surface area (Å²) in [4.78, 5) is 12.1. The van der Waals surface area contributed by atoms with Crippen molar-refractivity contribution in [3.05, 3.63) is 66.0 Å². The number of fused-ring (bicyclic) bond motifs is 1. The maximum absolute atomic E-state index is 6.01. The molecule has 28 heavy (non-hydrogen) atoms. The minimum absolute atomic E-state index is 0.130. The number of hydrogen-bond acceptors (Lipinski definition) is 5. The first-order valence-electron chi connectivity index (χ1n) is 8.27. The van der Waals surface area contributed by atoms with Crippen molar-refractivity contribution < 1.29 is 4.74 Å². The van der Waals surface area contributed by atoms with Gasteiger partial charge in [-0.15, -0.1) is 10.5 Å². The highest BCUT2D eigenvalue weighted by atomic mass is 32.2. The zero-order valence-electron chi connectivity index (χ0n) is 14.7. The van der Waals surface area contributed by atoms with E-state index in [2.05, 4.69) is 26.6 Å². The lowest BCUT2D eigenvalue weighted by molar-refractivity contribution is 0.481. The first-order valence-corrected chi connectivity index (χ1v) is 11.0. The first kappa shape index (κ1) is 18.7. The number of anilines is 1. The van der Waals surface area contributed by atoms with E-state index in [-0.39, 0.29) is 15.6 Å². The standard InChI is InChI=1S/C20H16N4OS3/c1-28-10-8-15-18(28)17(7-9-22-15)27-14-11-16(19(23-12-14)24-20(21)26)25-13-5-3-2-4-6-13/h2-12H,1H2,(H3,21,23,24,26). The molecule has 0 fully saturated rings. The summed E-state index contributed by atoms with van der Waals surface area (Å²) in [6.45, 7) is 0. The molecule has 0 spiro atoms. The Morgan fingerprint density at radius 2 is 2.04 bits per heavy atom. The zero-order chi connectivity index (χ0) is 19.5. The van der Waals surface area contributed by atoms with Crippen LogP contribution in [-0.4, -0.2) is 21.0 Å². The summed E-state index contributed by atoms with van der Waals surface area (Å²) in [5.74, 6) is 5.92. The number of ether oxygens (including phenoxy) is 1. The van der Waals surface area contributed by atoms with E-state index in [1.165, 1.54) is 0 Å². The van der Waals surface area contributed by atoms with Gasteiger partial charge >= 0.3 is 0 Å². The third-order valence-electron chi connectivity index (χ3n) is 3.82. The smallest absolute Gasteiger partial charge is 0.175 e. The van der Waals surface area contributed by atoms with E-state index >= 15 is 0 Å².